The van der Waals surface area contributed by atoms with Crippen LogP contribution in [-0.2, 0) is 16.0 Å². The van der Waals surface area contributed by atoms with Crippen molar-refractivity contribution in [2.45, 2.75) is 58.0 Å². The number of ether oxygens (including phenoxy) is 1. The quantitative estimate of drug-likeness (QED) is 0.784. The maximum absolute atomic E-state index is 11.9. The Morgan fingerprint density at radius 1 is 1.17 bits per heavy atom. The molecule has 0 N–H and O–H groups in total. The van der Waals surface area contributed by atoms with Crippen LogP contribution < -0.4 is 0 Å². The van der Waals surface area contributed by atoms with E-state index in [2.05, 4.69) is 10.2 Å². The minimum absolute atomic E-state index is 0.0991. The Hall–Kier alpha value is -2.17. The number of carbonyl (C=O) groups excluding carboxylic acids is 1. The molecule has 122 valence electrons. The molecule has 0 saturated heterocycles. The van der Waals surface area contributed by atoms with Crippen molar-refractivity contribution in [1.82, 2.24) is 10.2 Å². The fourth-order valence-electron chi connectivity index (χ4n) is 2.80. The molecule has 0 aliphatic heterocycles. The number of aryl methyl sites for hydroxylation is 2. The molecule has 5 heteroatoms. The standard InChI is InChI=1S/C18H22N2O3/c1-13-7-9-14(10-8-13)18-20-19-16(23-18)11-12-17(21)22-15-5-3-2-4-6-15/h7-10,15H,2-6,11-12H2,1H3. The SMILES string of the molecule is Cc1ccc(-c2nnc(CCC(=O)OC3CCCCC3)o2)cc1. The highest BCUT2D eigenvalue weighted by Gasteiger charge is 2.18. The van der Waals surface area contributed by atoms with Gasteiger partial charge in [0.05, 0.1) is 6.42 Å². The Balaban J connectivity index is 1.50. The van der Waals surface area contributed by atoms with Crippen molar-refractivity contribution in [3.05, 3.63) is 35.7 Å². The average Bonchev–Trinajstić information content (AvgIpc) is 3.04. The topological polar surface area (TPSA) is 65.2 Å². The van der Waals surface area contributed by atoms with E-state index in [1.165, 1.54) is 12.0 Å². The first-order chi connectivity index (χ1) is 11.2. The largest absolute Gasteiger partial charge is 0.462 e. The first-order valence-electron chi connectivity index (χ1n) is 8.29. The molecule has 0 unspecified atom stereocenters. The Kier molecular flexibility index (Phi) is 5.05. The second-order valence-corrected chi connectivity index (χ2v) is 6.12. The zero-order chi connectivity index (χ0) is 16.1. The van der Waals surface area contributed by atoms with Crippen molar-refractivity contribution < 1.29 is 13.9 Å². The third kappa shape index (κ3) is 4.41. The Morgan fingerprint density at radius 3 is 2.65 bits per heavy atom. The number of nitrogens with zero attached hydrogens (tertiary/aromatic N) is 2. The first kappa shape index (κ1) is 15.7. The zero-order valence-electron chi connectivity index (χ0n) is 13.5. The van der Waals surface area contributed by atoms with Gasteiger partial charge >= 0.3 is 5.97 Å². The van der Waals surface area contributed by atoms with Crippen LogP contribution in [0, 0.1) is 6.92 Å². The summed E-state index contributed by atoms with van der Waals surface area (Å²) in [4.78, 5) is 11.9. The lowest BCUT2D eigenvalue weighted by atomic mass is 9.98. The molecule has 3 rings (SSSR count). The molecule has 1 heterocycles. The van der Waals surface area contributed by atoms with Gasteiger partial charge in [0.15, 0.2) is 0 Å². The van der Waals surface area contributed by atoms with Crippen LogP contribution in [0.1, 0.15) is 50.0 Å². The molecule has 2 aromatic rings. The Labute approximate surface area is 136 Å². The normalized spacial score (nSPS) is 15.5. The summed E-state index contributed by atoms with van der Waals surface area (Å²) in [5, 5.41) is 8.05. The summed E-state index contributed by atoms with van der Waals surface area (Å²) in [6.07, 6.45) is 6.34. The van der Waals surface area contributed by atoms with Crippen LogP contribution in [0.3, 0.4) is 0 Å². The maximum atomic E-state index is 11.9. The van der Waals surface area contributed by atoms with Crippen molar-refractivity contribution in [3.63, 3.8) is 0 Å². The van der Waals surface area contributed by atoms with Crippen molar-refractivity contribution >= 4 is 5.97 Å². The van der Waals surface area contributed by atoms with Gasteiger partial charge in [-0.1, -0.05) is 24.1 Å². The predicted octanol–water partition coefficient (Wildman–Crippen LogP) is 3.85. The van der Waals surface area contributed by atoms with Gasteiger partial charge in [-0.3, -0.25) is 4.79 Å². The molecule has 5 nitrogen and oxygen atoms in total. The van der Waals surface area contributed by atoms with Gasteiger partial charge in [-0.25, -0.2) is 0 Å². The fourth-order valence-corrected chi connectivity index (χ4v) is 2.80. The molecule has 1 aliphatic carbocycles. The predicted molar refractivity (Wildman–Crippen MR) is 85.8 cm³/mol. The molecule has 0 radical (unpaired) electrons. The zero-order valence-corrected chi connectivity index (χ0v) is 13.5. The molecule has 23 heavy (non-hydrogen) atoms. The molecular formula is C18H22N2O3. The van der Waals surface area contributed by atoms with Gasteiger partial charge in [0.1, 0.15) is 6.10 Å². The van der Waals surface area contributed by atoms with E-state index in [1.807, 2.05) is 31.2 Å². The van der Waals surface area contributed by atoms with Crippen molar-refractivity contribution in [2.75, 3.05) is 0 Å². The van der Waals surface area contributed by atoms with Crippen molar-refractivity contribution in [2.24, 2.45) is 0 Å². The molecule has 1 aromatic carbocycles. The number of benzene rings is 1. The van der Waals surface area contributed by atoms with E-state index < -0.39 is 0 Å². The number of rotatable bonds is 5. The van der Waals surface area contributed by atoms with Crippen LogP contribution in [-0.4, -0.2) is 22.3 Å². The summed E-state index contributed by atoms with van der Waals surface area (Å²) in [5.74, 6) is 0.786. The fraction of sp³-hybridized carbons (Fsp3) is 0.500. The molecule has 1 aromatic heterocycles. The van der Waals surface area contributed by atoms with E-state index >= 15 is 0 Å². The van der Waals surface area contributed by atoms with Crippen molar-refractivity contribution in [3.8, 4) is 11.5 Å². The minimum atomic E-state index is -0.174. The highest BCUT2D eigenvalue weighted by Crippen LogP contribution is 2.21. The van der Waals surface area contributed by atoms with E-state index in [-0.39, 0.29) is 18.5 Å². The Bertz CT molecular complexity index is 643. The number of esters is 1. The third-order valence-electron chi connectivity index (χ3n) is 4.16. The minimum Gasteiger partial charge on any atom is -0.462 e. The van der Waals surface area contributed by atoms with Gasteiger partial charge in [-0.15, -0.1) is 10.2 Å². The van der Waals surface area contributed by atoms with Crippen LogP contribution in [0.2, 0.25) is 0 Å². The van der Waals surface area contributed by atoms with Crippen LogP contribution in [0.4, 0.5) is 0 Å². The molecule has 1 aliphatic rings. The summed E-state index contributed by atoms with van der Waals surface area (Å²) in [6.45, 7) is 2.03. The smallest absolute Gasteiger partial charge is 0.306 e. The third-order valence-corrected chi connectivity index (χ3v) is 4.16. The van der Waals surface area contributed by atoms with Crippen LogP contribution in [0.5, 0.6) is 0 Å². The van der Waals surface area contributed by atoms with Gasteiger partial charge in [0, 0.05) is 12.0 Å². The summed E-state index contributed by atoms with van der Waals surface area (Å²) >= 11 is 0. The van der Waals surface area contributed by atoms with Gasteiger partial charge < -0.3 is 9.15 Å². The summed E-state index contributed by atoms with van der Waals surface area (Å²) in [6, 6.07) is 7.90. The molecule has 0 bridgehead atoms. The number of carbonyl (C=O) groups is 1. The lowest BCUT2D eigenvalue weighted by Crippen LogP contribution is -2.21. The monoisotopic (exact) mass is 314 g/mol. The highest BCUT2D eigenvalue weighted by atomic mass is 16.5. The first-order valence-corrected chi connectivity index (χ1v) is 8.29. The second-order valence-electron chi connectivity index (χ2n) is 6.12. The highest BCUT2D eigenvalue weighted by molar-refractivity contribution is 5.69. The van der Waals surface area contributed by atoms with Crippen LogP contribution >= 0.6 is 0 Å². The molecule has 1 fully saturated rings. The van der Waals surface area contributed by atoms with Gasteiger partial charge in [0.25, 0.3) is 0 Å². The molecule has 0 atom stereocenters. The van der Waals surface area contributed by atoms with Crippen LogP contribution in [0.15, 0.2) is 28.7 Å². The average molecular weight is 314 g/mol. The van der Waals surface area contributed by atoms with E-state index in [0.717, 1.165) is 31.2 Å². The number of hydrogen-bond donors (Lipinski definition) is 0. The van der Waals surface area contributed by atoms with E-state index in [4.69, 9.17) is 9.15 Å². The Morgan fingerprint density at radius 2 is 1.91 bits per heavy atom. The lowest BCUT2D eigenvalue weighted by molar-refractivity contribution is -0.150. The lowest BCUT2D eigenvalue weighted by Gasteiger charge is -2.21. The number of hydrogen-bond acceptors (Lipinski definition) is 5. The second kappa shape index (κ2) is 7.40. The number of aromatic nitrogens is 2. The van der Waals surface area contributed by atoms with Crippen molar-refractivity contribution in [1.29, 1.82) is 0 Å². The summed E-state index contributed by atoms with van der Waals surface area (Å²) in [5.41, 5.74) is 2.07. The van der Waals surface area contributed by atoms with Crippen LogP contribution in [0.25, 0.3) is 11.5 Å². The van der Waals surface area contributed by atoms with E-state index in [1.54, 1.807) is 0 Å². The van der Waals surface area contributed by atoms with Gasteiger partial charge in [-0.05, 0) is 44.7 Å². The maximum Gasteiger partial charge on any atom is 0.306 e. The van der Waals surface area contributed by atoms with Gasteiger partial charge in [-0.2, -0.15) is 0 Å². The molecule has 1 saturated carbocycles. The van der Waals surface area contributed by atoms with E-state index in [9.17, 15) is 4.79 Å². The summed E-state index contributed by atoms with van der Waals surface area (Å²) < 4.78 is 11.1. The summed E-state index contributed by atoms with van der Waals surface area (Å²) in [7, 11) is 0. The molecule has 0 spiro atoms. The van der Waals surface area contributed by atoms with E-state index in [0.29, 0.717) is 18.2 Å². The molecular weight excluding hydrogens is 292 g/mol. The van der Waals surface area contributed by atoms with Gasteiger partial charge in [0.2, 0.25) is 11.8 Å². The molecule has 0 amide bonds.